The lowest BCUT2D eigenvalue weighted by Crippen LogP contribution is -2.20. The van der Waals surface area contributed by atoms with Gasteiger partial charge in [0.1, 0.15) is 5.75 Å². The van der Waals surface area contributed by atoms with Gasteiger partial charge in [0.25, 0.3) is 0 Å². The first-order chi connectivity index (χ1) is 16.1. The zero-order valence-corrected chi connectivity index (χ0v) is 20.4. The summed E-state index contributed by atoms with van der Waals surface area (Å²) in [5.41, 5.74) is 0.891. The molecule has 180 valence electrons. The summed E-state index contributed by atoms with van der Waals surface area (Å²) < 4.78 is 6.16. The van der Waals surface area contributed by atoms with Gasteiger partial charge in [0.15, 0.2) is 0 Å². The maximum Gasteiger partial charge on any atom is 0.328 e. The lowest BCUT2D eigenvalue weighted by atomic mass is 9.80. The molecule has 0 spiro atoms. The molecule has 0 amide bonds. The van der Waals surface area contributed by atoms with Crippen molar-refractivity contribution >= 4 is 22.8 Å². The van der Waals surface area contributed by atoms with Gasteiger partial charge in [-0.3, -0.25) is 0 Å². The zero-order chi connectivity index (χ0) is 23.3. The van der Waals surface area contributed by atoms with Crippen LogP contribution in [0.2, 0.25) is 0 Å². The van der Waals surface area contributed by atoms with Crippen molar-refractivity contribution in [1.82, 2.24) is 0 Å². The monoisotopic (exact) mass is 450 g/mol. The van der Waals surface area contributed by atoms with Crippen molar-refractivity contribution in [1.29, 1.82) is 0 Å². The summed E-state index contributed by atoms with van der Waals surface area (Å²) in [4.78, 5) is 10.7. The van der Waals surface area contributed by atoms with Gasteiger partial charge in [0.2, 0.25) is 0 Å². The van der Waals surface area contributed by atoms with Gasteiger partial charge in [0.05, 0.1) is 6.61 Å². The van der Waals surface area contributed by atoms with E-state index in [0.29, 0.717) is 5.92 Å². The molecule has 3 nitrogen and oxygen atoms in total. The van der Waals surface area contributed by atoms with E-state index in [2.05, 4.69) is 19.1 Å². The molecule has 1 saturated carbocycles. The van der Waals surface area contributed by atoms with E-state index >= 15 is 0 Å². The molecule has 2 aromatic rings. The Hall–Kier alpha value is -2.29. The maximum atomic E-state index is 10.7. The van der Waals surface area contributed by atoms with Crippen LogP contribution in [0, 0.1) is 11.8 Å². The first kappa shape index (κ1) is 25.3. The summed E-state index contributed by atoms with van der Waals surface area (Å²) in [6, 6.07) is 12.2. The number of hydrogen-bond acceptors (Lipinski definition) is 2. The van der Waals surface area contributed by atoms with E-state index < -0.39 is 5.97 Å². The molecular formula is C30H42O3. The van der Waals surface area contributed by atoms with Crippen molar-refractivity contribution in [2.45, 2.75) is 90.4 Å². The van der Waals surface area contributed by atoms with Gasteiger partial charge in [-0.1, -0.05) is 95.8 Å². The zero-order valence-electron chi connectivity index (χ0n) is 20.4. The Morgan fingerprint density at radius 3 is 2.24 bits per heavy atom. The Bertz CT molecular complexity index is 877. The highest BCUT2D eigenvalue weighted by molar-refractivity contribution is 5.89. The Morgan fingerprint density at radius 2 is 1.52 bits per heavy atom. The highest BCUT2D eigenvalue weighted by Crippen LogP contribution is 2.33. The number of carboxylic acids is 1. The fraction of sp³-hybridized carbons (Fsp3) is 0.567. The molecule has 1 N–H and O–H groups in total. The first-order valence-electron chi connectivity index (χ1n) is 13.2. The van der Waals surface area contributed by atoms with Crippen molar-refractivity contribution in [3.8, 4) is 5.75 Å². The smallest absolute Gasteiger partial charge is 0.328 e. The minimum absolute atomic E-state index is 0.680. The summed E-state index contributed by atoms with van der Waals surface area (Å²) in [7, 11) is 0. The molecule has 0 radical (unpaired) electrons. The molecule has 1 fully saturated rings. The van der Waals surface area contributed by atoms with Crippen LogP contribution in [0.1, 0.15) is 96.0 Å². The predicted octanol–water partition coefficient (Wildman–Crippen LogP) is 8.65. The Balaban J connectivity index is 1.33. The highest BCUT2D eigenvalue weighted by Gasteiger charge is 2.21. The van der Waals surface area contributed by atoms with E-state index in [0.717, 1.165) is 34.6 Å². The molecule has 1 aliphatic rings. The predicted molar refractivity (Wildman–Crippen MR) is 139 cm³/mol. The minimum Gasteiger partial charge on any atom is -0.493 e. The van der Waals surface area contributed by atoms with Gasteiger partial charge in [-0.15, -0.1) is 0 Å². The molecule has 0 atom stereocenters. The molecule has 0 bridgehead atoms. The number of unbranched alkanes of at least 4 members (excludes halogenated alkanes) is 7. The van der Waals surface area contributed by atoms with Crippen LogP contribution < -0.4 is 4.74 Å². The van der Waals surface area contributed by atoms with Crippen LogP contribution in [0.25, 0.3) is 16.8 Å². The van der Waals surface area contributed by atoms with Crippen molar-refractivity contribution < 1.29 is 14.6 Å². The molecule has 3 heteroatoms. The second-order valence-corrected chi connectivity index (χ2v) is 9.90. The van der Waals surface area contributed by atoms with Crippen LogP contribution >= 0.6 is 0 Å². The van der Waals surface area contributed by atoms with Crippen LogP contribution in [0.3, 0.4) is 0 Å². The van der Waals surface area contributed by atoms with E-state index in [4.69, 9.17) is 9.84 Å². The fourth-order valence-electron chi connectivity index (χ4n) is 5.07. The second kappa shape index (κ2) is 14.1. The van der Waals surface area contributed by atoms with Gasteiger partial charge >= 0.3 is 5.97 Å². The summed E-state index contributed by atoms with van der Waals surface area (Å²) in [6.07, 6.45) is 20.9. The summed E-state index contributed by atoms with van der Waals surface area (Å²) in [5, 5.41) is 11.0. The van der Waals surface area contributed by atoms with Crippen molar-refractivity contribution in [3.63, 3.8) is 0 Å². The quantitative estimate of drug-likeness (QED) is 0.231. The van der Waals surface area contributed by atoms with E-state index in [1.54, 1.807) is 6.08 Å². The van der Waals surface area contributed by atoms with E-state index in [9.17, 15) is 4.79 Å². The first-order valence-corrected chi connectivity index (χ1v) is 13.2. The maximum absolute atomic E-state index is 10.7. The Labute approximate surface area is 200 Å². The number of hydrogen-bond donors (Lipinski definition) is 1. The van der Waals surface area contributed by atoms with Crippen molar-refractivity contribution in [3.05, 3.63) is 48.0 Å². The largest absolute Gasteiger partial charge is 0.493 e. The van der Waals surface area contributed by atoms with Crippen LogP contribution in [0.4, 0.5) is 0 Å². The summed E-state index contributed by atoms with van der Waals surface area (Å²) in [6.45, 7) is 3.10. The van der Waals surface area contributed by atoms with Gasteiger partial charge in [-0.25, -0.2) is 4.79 Å². The fourth-order valence-corrected chi connectivity index (χ4v) is 5.07. The van der Waals surface area contributed by atoms with Crippen LogP contribution in [0.5, 0.6) is 5.75 Å². The van der Waals surface area contributed by atoms with E-state index in [1.807, 2.05) is 24.3 Å². The second-order valence-electron chi connectivity index (χ2n) is 9.90. The molecule has 0 aromatic heterocycles. The molecule has 0 aliphatic heterocycles. The van der Waals surface area contributed by atoms with E-state index in [-0.39, 0.29) is 0 Å². The number of fused-ring (bicyclic) bond motifs is 1. The Morgan fingerprint density at radius 1 is 0.879 bits per heavy atom. The average Bonchev–Trinajstić information content (AvgIpc) is 2.83. The third-order valence-electron chi connectivity index (χ3n) is 7.17. The minimum atomic E-state index is -0.930. The molecule has 3 rings (SSSR count). The topological polar surface area (TPSA) is 46.5 Å². The molecule has 0 unspecified atom stereocenters. The number of carbonyl (C=O) groups is 1. The lowest BCUT2D eigenvalue weighted by Gasteiger charge is -2.28. The standard InChI is InChI=1S/C30H42O3/c1-2-3-4-5-6-7-8-9-10-24-11-13-26(14-12-24)23-33-29-19-18-27-21-25(16-20-30(31)32)15-17-28(27)22-29/h15-22,24,26H,2-14,23H2,1H3,(H,31,32)/b20-16+. The molecule has 0 heterocycles. The summed E-state index contributed by atoms with van der Waals surface area (Å²) >= 11 is 0. The molecule has 0 saturated heterocycles. The van der Waals surface area contributed by atoms with Gasteiger partial charge in [-0.2, -0.15) is 0 Å². The Kier molecular flexibility index (Phi) is 10.8. The van der Waals surface area contributed by atoms with Gasteiger partial charge < -0.3 is 9.84 Å². The number of ether oxygens (including phenoxy) is 1. The highest BCUT2D eigenvalue weighted by atomic mass is 16.5. The van der Waals surface area contributed by atoms with E-state index in [1.165, 1.54) is 89.5 Å². The SMILES string of the molecule is CCCCCCCCCCC1CCC(COc2ccc3cc(/C=C/C(=O)O)ccc3c2)CC1. The molecule has 1 aliphatic carbocycles. The third kappa shape index (κ3) is 9.23. The molecule has 33 heavy (non-hydrogen) atoms. The van der Waals surface area contributed by atoms with Crippen LogP contribution in [0.15, 0.2) is 42.5 Å². The van der Waals surface area contributed by atoms with Crippen molar-refractivity contribution in [2.24, 2.45) is 11.8 Å². The lowest BCUT2D eigenvalue weighted by molar-refractivity contribution is -0.131. The van der Waals surface area contributed by atoms with Crippen LogP contribution in [-0.2, 0) is 4.79 Å². The number of carboxylic acid groups (broad SMARTS) is 1. The summed E-state index contributed by atoms with van der Waals surface area (Å²) in [5.74, 6) is 1.61. The van der Waals surface area contributed by atoms with Gasteiger partial charge in [-0.05, 0) is 65.3 Å². The van der Waals surface area contributed by atoms with Crippen molar-refractivity contribution in [2.75, 3.05) is 6.61 Å². The number of benzene rings is 2. The molecule has 2 aromatic carbocycles. The number of aliphatic carboxylic acids is 1. The average molecular weight is 451 g/mol. The number of rotatable bonds is 14. The normalized spacial score (nSPS) is 18.7. The van der Waals surface area contributed by atoms with Crippen LogP contribution in [-0.4, -0.2) is 17.7 Å². The van der Waals surface area contributed by atoms with Gasteiger partial charge in [0, 0.05) is 6.08 Å². The third-order valence-corrected chi connectivity index (χ3v) is 7.17. The molecular weight excluding hydrogens is 408 g/mol.